The summed E-state index contributed by atoms with van der Waals surface area (Å²) in [7, 11) is 0. The van der Waals surface area contributed by atoms with Crippen LogP contribution in [0.3, 0.4) is 0 Å². The van der Waals surface area contributed by atoms with Gasteiger partial charge < -0.3 is 15.2 Å². The number of aliphatic hydroxyl groups excluding tert-OH is 1. The molecule has 1 rings (SSSR count). The summed E-state index contributed by atoms with van der Waals surface area (Å²) in [5.41, 5.74) is 0. The molecule has 0 radical (unpaired) electrons. The minimum absolute atomic E-state index is 0.221. The zero-order valence-electron chi connectivity index (χ0n) is 8.62. The Morgan fingerprint density at radius 3 is 2.77 bits per heavy atom. The van der Waals surface area contributed by atoms with Crippen LogP contribution in [0, 0.1) is 0 Å². The average molecular weight is 187 g/mol. The lowest BCUT2D eigenvalue weighted by molar-refractivity contribution is 0.0526. The van der Waals surface area contributed by atoms with Crippen LogP contribution in [0.25, 0.3) is 0 Å². The Morgan fingerprint density at radius 2 is 2.31 bits per heavy atom. The summed E-state index contributed by atoms with van der Waals surface area (Å²) in [5, 5.41) is 12.3. The highest BCUT2D eigenvalue weighted by molar-refractivity contribution is 4.74. The number of hydrogen-bond acceptors (Lipinski definition) is 3. The van der Waals surface area contributed by atoms with Crippen molar-refractivity contribution >= 4 is 0 Å². The second-order valence-electron chi connectivity index (χ2n) is 3.84. The fourth-order valence-corrected chi connectivity index (χ4v) is 1.67. The van der Waals surface area contributed by atoms with Crippen molar-refractivity contribution in [1.82, 2.24) is 5.32 Å². The first-order chi connectivity index (χ1) is 6.26. The fourth-order valence-electron chi connectivity index (χ4n) is 1.67. The van der Waals surface area contributed by atoms with Gasteiger partial charge in [-0.1, -0.05) is 6.92 Å². The first kappa shape index (κ1) is 11.0. The molecule has 0 bridgehead atoms. The van der Waals surface area contributed by atoms with Crippen LogP contribution in [0.4, 0.5) is 0 Å². The third kappa shape index (κ3) is 3.63. The summed E-state index contributed by atoms with van der Waals surface area (Å²) >= 11 is 0. The van der Waals surface area contributed by atoms with Crippen LogP contribution in [-0.2, 0) is 4.74 Å². The van der Waals surface area contributed by atoms with E-state index in [4.69, 9.17) is 9.84 Å². The fraction of sp³-hybridized carbons (Fsp3) is 1.00. The number of nitrogens with one attached hydrogen (secondary N) is 1. The van der Waals surface area contributed by atoms with E-state index in [9.17, 15) is 0 Å². The smallest absolute Gasteiger partial charge is 0.0704 e. The van der Waals surface area contributed by atoms with Crippen molar-refractivity contribution in [3.05, 3.63) is 0 Å². The van der Waals surface area contributed by atoms with Crippen molar-refractivity contribution < 1.29 is 9.84 Å². The van der Waals surface area contributed by atoms with Gasteiger partial charge in [0.05, 0.1) is 18.8 Å². The first-order valence-corrected chi connectivity index (χ1v) is 5.26. The van der Waals surface area contributed by atoms with Crippen molar-refractivity contribution in [3.63, 3.8) is 0 Å². The molecule has 2 unspecified atom stereocenters. The molecule has 0 spiro atoms. The normalized spacial score (nSPS) is 30.7. The molecule has 13 heavy (non-hydrogen) atoms. The third-order valence-electron chi connectivity index (χ3n) is 2.67. The molecule has 3 nitrogen and oxygen atoms in total. The molecule has 1 fully saturated rings. The lowest BCUT2D eigenvalue weighted by Gasteiger charge is -2.17. The SMILES string of the molecule is CC[C@@H](CO)NCC1CCC(C)O1. The van der Waals surface area contributed by atoms with Gasteiger partial charge in [-0.05, 0) is 26.2 Å². The molecule has 0 aromatic carbocycles. The van der Waals surface area contributed by atoms with Crippen LogP contribution in [0.1, 0.15) is 33.1 Å². The summed E-state index contributed by atoms with van der Waals surface area (Å²) in [4.78, 5) is 0. The van der Waals surface area contributed by atoms with Crippen molar-refractivity contribution in [3.8, 4) is 0 Å². The van der Waals surface area contributed by atoms with Crippen LogP contribution in [0.5, 0.6) is 0 Å². The van der Waals surface area contributed by atoms with Gasteiger partial charge in [0.1, 0.15) is 0 Å². The highest BCUT2D eigenvalue weighted by Crippen LogP contribution is 2.18. The summed E-state index contributed by atoms with van der Waals surface area (Å²) in [6, 6.07) is 0.236. The van der Waals surface area contributed by atoms with E-state index in [1.807, 2.05) is 0 Å². The third-order valence-corrected chi connectivity index (χ3v) is 2.67. The van der Waals surface area contributed by atoms with E-state index in [2.05, 4.69) is 19.2 Å². The Labute approximate surface area is 80.5 Å². The van der Waals surface area contributed by atoms with Crippen molar-refractivity contribution in [2.24, 2.45) is 0 Å². The Morgan fingerprint density at radius 1 is 1.54 bits per heavy atom. The van der Waals surface area contributed by atoms with Gasteiger partial charge in [0, 0.05) is 12.6 Å². The van der Waals surface area contributed by atoms with Crippen molar-refractivity contribution in [1.29, 1.82) is 0 Å². The molecule has 78 valence electrons. The maximum atomic E-state index is 8.95. The summed E-state index contributed by atoms with van der Waals surface area (Å²) in [6.07, 6.45) is 4.06. The first-order valence-electron chi connectivity index (χ1n) is 5.26. The lowest BCUT2D eigenvalue weighted by atomic mass is 10.2. The van der Waals surface area contributed by atoms with E-state index in [1.165, 1.54) is 6.42 Å². The Kier molecular flexibility index (Phi) is 4.70. The van der Waals surface area contributed by atoms with Crippen LogP contribution in [0.15, 0.2) is 0 Å². The highest BCUT2D eigenvalue weighted by atomic mass is 16.5. The lowest BCUT2D eigenvalue weighted by Crippen LogP contribution is -2.37. The minimum atomic E-state index is 0.221. The van der Waals surface area contributed by atoms with Gasteiger partial charge in [-0.3, -0.25) is 0 Å². The molecule has 1 heterocycles. The summed E-state index contributed by atoms with van der Waals surface area (Å²) < 4.78 is 5.66. The Bertz CT molecular complexity index is 137. The monoisotopic (exact) mass is 187 g/mol. The second kappa shape index (κ2) is 5.58. The molecule has 0 amide bonds. The van der Waals surface area contributed by atoms with E-state index in [0.717, 1.165) is 19.4 Å². The zero-order chi connectivity index (χ0) is 9.68. The number of hydrogen-bond donors (Lipinski definition) is 2. The Hall–Kier alpha value is -0.120. The molecule has 1 saturated heterocycles. The van der Waals surface area contributed by atoms with E-state index in [0.29, 0.717) is 12.2 Å². The minimum Gasteiger partial charge on any atom is -0.395 e. The molecule has 1 aliphatic heterocycles. The zero-order valence-corrected chi connectivity index (χ0v) is 8.62. The molecule has 3 atom stereocenters. The maximum Gasteiger partial charge on any atom is 0.0704 e. The summed E-state index contributed by atoms with van der Waals surface area (Å²) in [6.45, 7) is 5.29. The molecular formula is C10H21NO2. The van der Waals surface area contributed by atoms with Gasteiger partial charge >= 0.3 is 0 Å². The molecule has 0 aromatic rings. The quantitative estimate of drug-likeness (QED) is 0.672. The van der Waals surface area contributed by atoms with Gasteiger partial charge in [-0.2, -0.15) is 0 Å². The number of aliphatic hydroxyl groups is 1. The highest BCUT2D eigenvalue weighted by Gasteiger charge is 2.21. The standard InChI is InChI=1S/C10H21NO2/c1-3-9(7-12)11-6-10-5-4-8(2)13-10/h8-12H,3-7H2,1-2H3/t8?,9-,10?/m0/s1. The number of ether oxygens (including phenoxy) is 1. The number of rotatable bonds is 5. The van der Waals surface area contributed by atoms with Gasteiger partial charge in [0.15, 0.2) is 0 Å². The van der Waals surface area contributed by atoms with E-state index >= 15 is 0 Å². The molecular weight excluding hydrogens is 166 g/mol. The van der Waals surface area contributed by atoms with Gasteiger partial charge in [-0.25, -0.2) is 0 Å². The molecule has 3 heteroatoms. The van der Waals surface area contributed by atoms with E-state index in [-0.39, 0.29) is 12.6 Å². The topological polar surface area (TPSA) is 41.5 Å². The predicted octanol–water partition coefficient (Wildman–Crippen LogP) is 0.914. The molecule has 0 aromatic heterocycles. The molecule has 1 aliphatic rings. The predicted molar refractivity (Wildman–Crippen MR) is 52.7 cm³/mol. The van der Waals surface area contributed by atoms with Gasteiger partial charge in [-0.15, -0.1) is 0 Å². The van der Waals surface area contributed by atoms with Gasteiger partial charge in [0.25, 0.3) is 0 Å². The maximum absolute atomic E-state index is 8.95. The summed E-state index contributed by atoms with van der Waals surface area (Å²) in [5.74, 6) is 0. The van der Waals surface area contributed by atoms with Crippen LogP contribution < -0.4 is 5.32 Å². The molecule has 0 aliphatic carbocycles. The molecule has 2 N–H and O–H groups in total. The van der Waals surface area contributed by atoms with Crippen molar-refractivity contribution in [2.45, 2.75) is 51.4 Å². The van der Waals surface area contributed by atoms with Crippen LogP contribution in [0.2, 0.25) is 0 Å². The van der Waals surface area contributed by atoms with E-state index < -0.39 is 0 Å². The Balaban J connectivity index is 2.11. The largest absolute Gasteiger partial charge is 0.395 e. The van der Waals surface area contributed by atoms with Crippen LogP contribution in [-0.4, -0.2) is 36.5 Å². The molecule has 0 saturated carbocycles. The average Bonchev–Trinajstić information content (AvgIpc) is 2.53. The van der Waals surface area contributed by atoms with E-state index in [1.54, 1.807) is 0 Å². The van der Waals surface area contributed by atoms with Crippen LogP contribution >= 0.6 is 0 Å². The van der Waals surface area contributed by atoms with Gasteiger partial charge in [0.2, 0.25) is 0 Å². The second-order valence-corrected chi connectivity index (χ2v) is 3.84. The van der Waals surface area contributed by atoms with Crippen molar-refractivity contribution in [2.75, 3.05) is 13.2 Å².